The maximum absolute atomic E-state index is 5.40. The monoisotopic (exact) mass is 239 g/mol. The smallest absolute Gasteiger partial charge is 0.0949 e. The molecular formula is C13H25N3O. The molecule has 0 spiro atoms. The second kappa shape index (κ2) is 6.77. The van der Waals surface area contributed by atoms with Crippen molar-refractivity contribution < 1.29 is 4.74 Å². The molecule has 1 aromatic rings. The highest BCUT2D eigenvalue weighted by atomic mass is 16.5. The van der Waals surface area contributed by atoms with Gasteiger partial charge in [0.15, 0.2) is 0 Å². The van der Waals surface area contributed by atoms with Gasteiger partial charge in [0.1, 0.15) is 0 Å². The molecule has 0 bridgehead atoms. The molecule has 1 N–H and O–H groups in total. The fourth-order valence-corrected chi connectivity index (χ4v) is 1.51. The molecule has 0 aliphatic rings. The van der Waals surface area contributed by atoms with Crippen LogP contribution in [0.2, 0.25) is 0 Å². The molecule has 1 aromatic heterocycles. The van der Waals surface area contributed by atoms with Gasteiger partial charge in [-0.15, -0.1) is 0 Å². The van der Waals surface area contributed by atoms with Crippen LogP contribution in [0.3, 0.4) is 0 Å². The Morgan fingerprint density at radius 1 is 1.47 bits per heavy atom. The quantitative estimate of drug-likeness (QED) is 0.707. The van der Waals surface area contributed by atoms with E-state index in [4.69, 9.17) is 4.74 Å². The van der Waals surface area contributed by atoms with Crippen molar-refractivity contribution in [2.45, 2.75) is 52.3 Å². The first-order valence-corrected chi connectivity index (χ1v) is 6.34. The number of hydrogen-bond donors (Lipinski definition) is 1. The van der Waals surface area contributed by atoms with E-state index in [0.29, 0.717) is 0 Å². The van der Waals surface area contributed by atoms with Crippen molar-refractivity contribution in [2.24, 2.45) is 0 Å². The molecule has 17 heavy (non-hydrogen) atoms. The first-order chi connectivity index (χ1) is 8.07. The molecule has 1 heterocycles. The van der Waals surface area contributed by atoms with Gasteiger partial charge in [-0.25, -0.2) is 4.98 Å². The lowest BCUT2D eigenvalue weighted by Gasteiger charge is -2.22. The fourth-order valence-electron chi connectivity index (χ4n) is 1.51. The Hall–Kier alpha value is -0.870. The second-order valence-corrected chi connectivity index (χ2v) is 4.99. The van der Waals surface area contributed by atoms with Gasteiger partial charge in [-0.3, -0.25) is 0 Å². The van der Waals surface area contributed by atoms with Crippen molar-refractivity contribution in [3.05, 3.63) is 18.2 Å². The van der Waals surface area contributed by atoms with Gasteiger partial charge in [-0.05, 0) is 33.2 Å². The van der Waals surface area contributed by atoms with E-state index in [1.807, 2.05) is 6.33 Å². The van der Waals surface area contributed by atoms with Gasteiger partial charge in [0.2, 0.25) is 0 Å². The van der Waals surface area contributed by atoms with E-state index < -0.39 is 0 Å². The summed E-state index contributed by atoms with van der Waals surface area (Å²) in [6.07, 6.45) is 6.15. The first kappa shape index (κ1) is 14.2. The lowest BCUT2D eigenvalue weighted by molar-refractivity contribution is 0.0120. The van der Waals surface area contributed by atoms with E-state index in [1.54, 1.807) is 7.11 Å². The van der Waals surface area contributed by atoms with Crippen LogP contribution in [-0.2, 0) is 17.8 Å². The number of ether oxygens (including phenoxy) is 1. The van der Waals surface area contributed by atoms with Crippen LogP contribution in [0.15, 0.2) is 12.5 Å². The molecule has 0 aliphatic heterocycles. The minimum atomic E-state index is -0.0646. The molecule has 4 heteroatoms. The van der Waals surface area contributed by atoms with Crippen LogP contribution in [0.25, 0.3) is 0 Å². The topological polar surface area (TPSA) is 39.1 Å². The molecule has 4 nitrogen and oxygen atoms in total. The number of imidazole rings is 1. The number of rotatable bonds is 8. The Morgan fingerprint density at radius 3 is 2.88 bits per heavy atom. The maximum Gasteiger partial charge on any atom is 0.0949 e. The molecule has 0 aliphatic carbocycles. The summed E-state index contributed by atoms with van der Waals surface area (Å²) in [6.45, 7) is 9.22. The normalized spacial score (nSPS) is 12.0. The van der Waals surface area contributed by atoms with E-state index in [9.17, 15) is 0 Å². The van der Waals surface area contributed by atoms with E-state index in [1.165, 1.54) is 0 Å². The van der Waals surface area contributed by atoms with Crippen LogP contribution in [0.1, 0.15) is 39.3 Å². The maximum atomic E-state index is 5.40. The molecule has 1 rings (SSSR count). The van der Waals surface area contributed by atoms with Crippen molar-refractivity contribution in [3.8, 4) is 0 Å². The summed E-state index contributed by atoms with van der Waals surface area (Å²) in [7, 11) is 1.76. The first-order valence-electron chi connectivity index (χ1n) is 6.34. The largest absolute Gasteiger partial charge is 0.379 e. The summed E-state index contributed by atoms with van der Waals surface area (Å²) >= 11 is 0. The number of nitrogens with one attached hydrogen (secondary N) is 1. The minimum absolute atomic E-state index is 0.0646. The SMILES string of the molecule is CCCNCc1cn(CCC(C)(C)OC)cn1. The van der Waals surface area contributed by atoms with Crippen molar-refractivity contribution in [3.63, 3.8) is 0 Å². The van der Waals surface area contributed by atoms with Gasteiger partial charge in [0, 0.05) is 26.4 Å². The Kier molecular flexibility index (Phi) is 5.65. The zero-order chi connectivity index (χ0) is 12.7. The number of nitrogens with zero attached hydrogens (tertiary/aromatic N) is 2. The molecule has 0 fully saturated rings. The van der Waals surface area contributed by atoms with Crippen molar-refractivity contribution in [2.75, 3.05) is 13.7 Å². The highest BCUT2D eigenvalue weighted by Gasteiger charge is 2.15. The Balaban J connectivity index is 2.35. The predicted molar refractivity (Wildman–Crippen MR) is 69.9 cm³/mol. The average molecular weight is 239 g/mol. The van der Waals surface area contributed by atoms with Gasteiger partial charge in [0.25, 0.3) is 0 Å². The lowest BCUT2D eigenvalue weighted by Crippen LogP contribution is -2.24. The molecule has 0 radical (unpaired) electrons. The second-order valence-electron chi connectivity index (χ2n) is 4.99. The summed E-state index contributed by atoms with van der Waals surface area (Å²) in [6, 6.07) is 0. The van der Waals surface area contributed by atoms with Crippen molar-refractivity contribution in [1.29, 1.82) is 0 Å². The third-order valence-corrected chi connectivity index (χ3v) is 2.94. The number of hydrogen-bond acceptors (Lipinski definition) is 3. The summed E-state index contributed by atoms with van der Waals surface area (Å²) in [5.74, 6) is 0. The van der Waals surface area contributed by atoms with Crippen LogP contribution in [-0.4, -0.2) is 28.8 Å². The zero-order valence-corrected chi connectivity index (χ0v) is 11.5. The van der Waals surface area contributed by atoms with Crippen LogP contribution in [0, 0.1) is 0 Å². The number of methoxy groups -OCH3 is 1. The third-order valence-electron chi connectivity index (χ3n) is 2.94. The van der Waals surface area contributed by atoms with Crippen LogP contribution in [0.4, 0.5) is 0 Å². The summed E-state index contributed by atoms with van der Waals surface area (Å²) < 4.78 is 7.53. The predicted octanol–water partition coefficient (Wildman–Crippen LogP) is 2.20. The van der Waals surface area contributed by atoms with Crippen molar-refractivity contribution >= 4 is 0 Å². The van der Waals surface area contributed by atoms with Crippen LogP contribution >= 0.6 is 0 Å². The zero-order valence-electron chi connectivity index (χ0n) is 11.5. The third kappa shape index (κ3) is 5.33. The number of aryl methyl sites for hydroxylation is 1. The molecule has 0 atom stereocenters. The van der Waals surface area contributed by atoms with E-state index in [2.05, 4.69) is 41.8 Å². The molecule has 0 unspecified atom stereocenters. The highest BCUT2D eigenvalue weighted by molar-refractivity contribution is 4.96. The summed E-state index contributed by atoms with van der Waals surface area (Å²) in [5.41, 5.74) is 1.04. The van der Waals surface area contributed by atoms with Crippen LogP contribution < -0.4 is 5.32 Å². The van der Waals surface area contributed by atoms with Gasteiger partial charge in [-0.2, -0.15) is 0 Å². The molecular weight excluding hydrogens is 214 g/mol. The molecule has 98 valence electrons. The summed E-state index contributed by atoms with van der Waals surface area (Å²) in [5, 5.41) is 3.35. The Bertz CT molecular complexity index is 320. The molecule has 0 saturated carbocycles. The van der Waals surface area contributed by atoms with Gasteiger partial charge in [0.05, 0.1) is 17.6 Å². The summed E-state index contributed by atoms with van der Waals surface area (Å²) in [4.78, 5) is 4.37. The standard InChI is InChI=1S/C13H25N3O/c1-5-7-14-9-12-10-16(11-15-12)8-6-13(2,3)17-4/h10-11,14H,5-9H2,1-4H3. The number of aromatic nitrogens is 2. The Labute approximate surface area is 104 Å². The fraction of sp³-hybridized carbons (Fsp3) is 0.769. The lowest BCUT2D eigenvalue weighted by atomic mass is 10.1. The molecule has 0 saturated heterocycles. The van der Waals surface area contributed by atoms with Crippen molar-refractivity contribution in [1.82, 2.24) is 14.9 Å². The van der Waals surface area contributed by atoms with Gasteiger partial charge >= 0.3 is 0 Å². The van der Waals surface area contributed by atoms with E-state index >= 15 is 0 Å². The highest BCUT2D eigenvalue weighted by Crippen LogP contribution is 2.14. The molecule has 0 amide bonds. The van der Waals surface area contributed by atoms with Gasteiger partial charge in [-0.1, -0.05) is 6.92 Å². The minimum Gasteiger partial charge on any atom is -0.379 e. The van der Waals surface area contributed by atoms with Crippen LogP contribution in [0.5, 0.6) is 0 Å². The van der Waals surface area contributed by atoms with Gasteiger partial charge < -0.3 is 14.6 Å². The van der Waals surface area contributed by atoms with E-state index in [-0.39, 0.29) is 5.60 Å². The Morgan fingerprint density at radius 2 is 2.24 bits per heavy atom. The van der Waals surface area contributed by atoms with E-state index in [0.717, 1.165) is 38.2 Å². The average Bonchev–Trinajstić information content (AvgIpc) is 2.75. The molecule has 0 aromatic carbocycles.